The lowest BCUT2D eigenvalue weighted by Crippen LogP contribution is -2.36. The van der Waals surface area contributed by atoms with E-state index < -0.39 is 0 Å². The normalized spacial score (nSPS) is 33.5. The molecule has 1 atom stereocenters. The van der Waals surface area contributed by atoms with Gasteiger partial charge in [0.2, 0.25) is 0 Å². The van der Waals surface area contributed by atoms with Gasteiger partial charge in [0.15, 0.2) is 0 Å². The largest absolute Gasteiger partial charge is 0.229 e. The Hall–Kier alpha value is -0.860. The van der Waals surface area contributed by atoms with E-state index in [-0.39, 0.29) is 11.7 Å². The average Bonchev–Trinajstić information content (AvgIpc) is 2.83. The van der Waals surface area contributed by atoms with E-state index in [0.29, 0.717) is 5.41 Å². The van der Waals surface area contributed by atoms with Crippen molar-refractivity contribution in [1.82, 2.24) is 0 Å². The third-order valence-corrected chi connectivity index (χ3v) is 5.47. The second-order valence-electron chi connectivity index (χ2n) is 8.11. The highest BCUT2D eigenvalue weighted by molar-refractivity contribution is 5.24. The van der Waals surface area contributed by atoms with E-state index in [2.05, 4.69) is 52.0 Å². The Morgan fingerprint density at radius 1 is 1.05 bits per heavy atom. The van der Waals surface area contributed by atoms with E-state index in [4.69, 9.17) is 9.78 Å². The fourth-order valence-corrected chi connectivity index (χ4v) is 3.82. The SMILES string of the molecule is Cc1ccc(C2CC3(CCC(C(C)(C)C)CC3)OO2)cc1. The van der Waals surface area contributed by atoms with Crippen LogP contribution in [-0.4, -0.2) is 5.60 Å². The van der Waals surface area contributed by atoms with E-state index in [1.807, 2.05) is 0 Å². The molecule has 1 spiro atoms. The van der Waals surface area contributed by atoms with Crippen LogP contribution in [0.4, 0.5) is 0 Å². The summed E-state index contributed by atoms with van der Waals surface area (Å²) in [5.74, 6) is 0.810. The molecule has 0 aromatic heterocycles. The summed E-state index contributed by atoms with van der Waals surface area (Å²) in [5.41, 5.74) is 2.92. The van der Waals surface area contributed by atoms with Crippen LogP contribution < -0.4 is 0 Å². The van der Waals surface area contributed by atoms with E-state index in [1.54, 1.807) is 0 Å². The third-order valence-electron chi connectivity index (χ3n) is 5.47. The summed E-state index contributed by atoms with van der Waals surface area (Å²) < 4.78 is 0. The van der Waals surface area contributed by atoms with Crippen molar-refractivity contribution in [2.75, 3.05) is 0 Å². The van der Waals surface area contributed by atoms with Crippen LogP contribution in [0, 0.1) is 18.3 Å². The van der Waals surface area contributed by atoms with Crippen molar-refractivity contribution >= 4 is 0 Å². The lowest BCUT2D eigenvalue weighted by Gasteiger charge is -2.40. The first-order valence-electron chi connectivity index (χ1n) is 8.29. The number of hydrogen-bond donors (Lipinski definition) is 0. The second-order valence-corrected chi connectivity index (χ2v) is 8.11. The Morgan fingerprint density at radius 3 is 2.24 bits per heavy atom. The smallest absolute Gasteiger partial charge is 0.121 e. The summed E-state index contributed by atoms with van der Waals surface area (Å²) in [6.45, 7) is 9.19. The van der Waals surface area contributed by atoms with Gasteiger partial charge in [-0.15, -0.1) is 0 Å². The lowest BCUT2D eigenvalue weighted by atomic mass is 9.67. The van der Waals surface area contributed by atoms with Crippen molar-refractivity contribution in [3.63, 3.8) is 0 Å². The quantitative estimate of drug-likeness (QED) is 0.647. The molecule has 21 heavy (non-hydrogen) atoms. The molecule has 116 valence electrons. The Bertz CT molecular complexity index is 475. The van der Waals surface area contributed by atoms with E-state index >= 15 is 0 Å². The first kappa shape index (κ1) is 15.1. The fourth-order valence-electron chi connectivity index (χ4n) is 3.82. The molecule has 0 bridgehead atoms. The average molecular weight is 288 g/mol. The first-order chi connectivity index (χ1) is 9.88. The van der Waals surface area contributed by atoms with Crippen molar-refractivity contribution < 1.29 is 9.78 Å². The topological polar surface area (TPSA) is 18.5 Å². The number of benzene rings is 1. The molecule has 0 radical (unpaired) electrons. The highest BCUT2D eigenvalue weighted by Crippen LogP contribution is 2.50. The molecule has 1 aromatic rings. The first-order valence-corrected chi connectivity index (χ1v) is 8.29. The van der Waals surface area contributed by atoms with Crippen molar-refractivity contribution in [2.24, 2.45) is 11.3 Å². The van der Waals surface area contributed by atoms with Crippen molar-refractivity contribution in [3.05, 3.63) is 35.4 Å². The molecule has 0 amide bonds. The summed E-state index contributed by atoms with van der Waals surface area (Å²) in [6, 6.07) is 8.65. The summed E-state index contributed by atoms with van der Waals surface area (Å²) in [6.07, 6.45) is 5.90. The second kappa shape index (κ2) is 5.40. The molecule has 3 rings (SSSR count). The molecule has 1 heterocycles. The maximum Gasteiger partial charge on any atom is 0.121 e. The molecule has 1 saturated carbocycles. The number of hydrogen-bond acceptors (Lipinski definition) is 2. The van der Waals surface area contributed by atoms with Crippen molar-refractivity contribution in [1.29, 1.82) is 0 Å². The highest BCUT2D eigenvalue weighted by Gasteiger charge is 2.46. The van der Waals surface area contributed by atoms with Crippen LogP contribution in [0.2, 0.25) is 0 Å². The standard InChI is InChI=1S/C19H28O2/c1-14-5-7-15(8-6-14)17-13-19(21-20-17)11-9-16(10-12-19)18(2,3)4/h5-8,16-17H,9-13H2,1-4H3. The minimum absolute atomic E-state index is 0.0305. The molecule has 2 nitrogen and oxygen atoms in total. The molecular formula is C19H28O2. The zero-order valence-corrected chi connectivity index (χ0v) is 13.8. The van der Waals surface area contributed by atoms with Crippen LogP contribution in [0.3, 0.4) is 0 Å². The van der Waals surface area contributed by atoms with Gasteiger partial charge >= 0.3 is 0 Å². The van der Waals surface area contributed by atoms with E-state index in [9.17, 15) is 0 Å². The highest BCUT2D eigenvalue weighted by atomic mass is 17.2. The zero-order chi connectivity index (χ0) is 15.1. The monoisotopic (exact) mass is 288 g/mol. The van der Waals surface area contributed by atoms with Gasteiger partial charge in [-0.05, 0) is 49.5 Å². The van der Waals surface area contributed by atoms with Crippen LogP contribution in [0.5, 0.6) is 0 Å². The van der Waals surface area contributed by atoms with Crippen molar-refractivity contribution in [3.8, 4) is 0 Å². The number of aryl methyl sites for hydroxylation is 1. The minimum Gasteiger partial charge on any atom is -0.229 e. The van der Waals surface area contributed by atoms with Gasteiger partial charge in [-0.3, -0.25) is 0 Å². The Kier molecular flexibility index (Phi) is 3.87. The third kappa shape index (κ3) is 3.17. The van der Waals surface area contributed by atoms with Crippen LogP contribution in [0.25, 0.3) is 0 Å². The summed E-state index contributed by atoms with van der Waals surface area (Å²) in [7, 11) is 0. The number of rotatable bonds is 1. The van der Waals surface area contributed by atoms with Gasteiger partial charge in [0, 0.05) is 6.42 Å². The zero-order valence-electron chi connectivity index (χ0n) is 13.8. The molecule has 2 aliphatic rings. The Balaban J connectivity index is 1.63. The molecule has 1 unspecified atom stereocenters. The van der Waals surface area contributed by atoms with Gasteiger partial charge in [-0.2, -0.15) is 0 Å². The predicted molar refractivity (Wildman–Crippen MR) is 84.9 cm³/mol. The maximum absolute atomic E-state index is 5.84. The van der Waals surface area contributed by atoms with Crippen LogP contribution in [0.15, 0.2) is 24.3 Å². The molecule has 2 fully saturated rings. The fraction of sp³-hybridized carbons (Fsp3) is 0.684. The molecular weight excluding hydrogens is 260 g/mol. The van der Waals surface area contributed by atoms with Crippen LogP contribution >= 0.6 is 0 Å². The molecule has 1 aliphatic carbocycles. The predicted octanol–water partition coefficient (Wildman–Crippen LogP) is 5.36. The molecule has 2 heteroatoms. The van der Waals surface area contributed by atoms with Crippen LogP contribution in [0.1, 0.15) is 70.1 Å². The van der Waals surface area contributed by atoms with Gasteiger partial charge in [-0.1, -0.05) is 50.6 Å². The maximum atomic E-state index is 5.84. The van der Waals surface area contributed by atoms with Gasteiger partial charge in [-0.25, -0.2) is 9.78 Å². The van der Waals surface area contributed by atoms with Gasteiger partial charge in [0.25, 0.3) is 0 Å². The Labute approximate surface area is 128 Å². The molecule has 0 N–H and O–H groups in total. The molecule has 1 saturated heterocycles. The van der Waals surface area contributed by atoms with E-state index in [0.717, 1.165) is 25.2 Å². The summed E-state index contributed by atoms with van der Waals surface area (Å²) in [4.78, 5) is 11.5. The van der Waals surface area contributed by atoms with Crippen LogP contribution in [-0.2, 0) is 9.78 Å². The summed E-state index contributed by atoms with van der Waals surface area (Å²) >= 11 is 0. The van der Waals surface area contributed by atoms with Gasteiger partial charge < -0.3 is 0 Å². The van der Waals surface area contributed by atoms with Gasteiger partial charge in [0.1, 0.15) is 11.7 Å². The van der Waals surface area contributed by atoms with E-state index in [1.165, 1.54) is 24.0 Å². The lowest BCUT2D eigenvalue weighted by molar-refractivity contribution is -0.334. The Morgan fingerprint density at radius 2 is 1.67 bits per heavy atom. The van der Waals surface area contributed by atoms with Crippen molar-refractivity contribution in [2.45, 2.75) is 71.5 Å². The van der Waals surface area contributed by atoms with Gasteiger partial charge in [0.05, 0.1) is 0 Å². The molecule has 1 aliphatic heterocycles. The molecule has 1 aromatic carbocycles. The summed E-state index contributed by atoms with van der Waals surface area (Å²) in [5, 5.41) is 0. The minimum atomic E-state index is -0.0305.